The summed E-state index contributed by atoms with van der Waals surface area (Å²) in [6.45, 7) is 1.66. The Labute approximate surface area is 164 Å². The average molecular weight is 402 g/mol. The van der Waals surface area contributed by atoms with E-state index in [-0.39, 0.29) is 23.8 Å². The van der Waals surface area contributed by atoms with Gasteiger partial charge in [-0.3, -0.25) is 9.59 Å². The van der Waals surface area contributed by atoms with Crippen molar-refractivity contribution in [3.63, 3.8) is 0 Å². The highest BCUT2D eigenvalue weighted by atomic mass is 35.5. The lowest BCUT2D eigenvalue weighted by Crippen LogP contribution is -2.21. The number of nitrogens with two attached hydrogens (primary N) is 1. The van der Waals surface area contributed by atoms with E-state index in [1.807, 2.05) is 30.5 Å². The molecule has 0 atom stereocenters. The number of amides is 2. The van der Waals surface area contributed by atoms with E-state index >= 15 is 0 Å². The molecule has 8 heteroatoms. The van der Waals surface area contributed by atoms with Crippen LogP contribution in [0.3, 0.4) is 0 Å². The summed E-state index contributed by atoms with van der Waals surface area (Å²) in [6.07, 6.45) is 0. The lowest BCUT2D eigenvalue weighted by molar-refractivity contribution is -0.118. The minimum absolute atomic E-state index is 0.121. The minimum atomic E-state index is -0.681. The maximum atomic E-state index is 12.2. The minimum Gasteiger partial charge on any atom is -0.483 e. The number of benzene rings is 2. The lowest BCUT2D eigenvalue weighted by Gasteiger charge is -2.11. The van der Waals surface area contributed by atoms with E-state index in [2.05, 4.69) is 10.3 Å². The largest absolute Gasteiger partial charge is 0.483 e. The van der Waals surface area contributed by atoms with E-state index < -0.39 is 5.91 Å². The summed E-state index contributed by atoms with van der Waals surface area (Å²) >= 11 is 7.41. The van der Waals surface area contributed by atoms with Gasteiger partial charge in [0.2, 0.25) is 0 Å². The zero-order chi connectivity index (χ0) is 19.4. The molecule has 0 aliphatic rings. The molecule has 0 aliphatic heterocycles. The van der Waals surface area contributed by atoms with Crippen LogP contribution in [0, 0.1) is 6.92 Å². The van der Waals surface area contributed by atoms with Crippen molar-refractivity contribution in [3.8, 4) is 17.0 Å². The summed E-state index contributed by atoms with van der Waals surface area (Å²) in [5.41, 5.74) is 7.82. The maximum absolute atomic E-state index is 12.2. The van der Waals surface area contributed by atoms with Crippen molar-refractivity contribution < 1.29 is 14.3 Å². The predicted molar refractivity (Wildman–Crippen MR) is 106 cm³/mol. The summed E-state index contributed by atoms with van der Waals surface area (Å²) in [5, 5.41) is 6.05. The highest BCUT2D eigenvalue weighted by Gasteiger charge is 2.12. The standard InChI is InChI=1S/C19H16ClN3O3S/c1-11-22-16(10-27-11)12-3-2-4-14(7-12)23-18(24)9-26-17-6-5-13(20)8-15(17)19(21)25/h2-8,10H,9H2,1H3,(H2,21,25)(H,23,24). The fraction of sp³-hybridized carbons (Fsp3) is 0.105. The first kappa shape index (κ1) is 18.9. The SMILES string of the molecule is Cc1nc(-c2cccc(NC(=O)COc3ccc(Cl)cc3C(N)=O)c2)cs1. The summed E-state index contributed by atoms with van der Waals surface area (Å²) < 4.78 is 5.42. The lowest BCUT2D eigenvalue weighted by atomic mass is 10.1. The fourth-order valence-electron chi connectivity index (χ4n) is 2.41. The van der Waals surface area contributed by atoms with Gasteiger partial charge in [0.25, 0.3) is 11.8 Å². The van der Waals surface area contributed by atoms with Crippen LogP contribution >= 0.6 is 22.9 Å². The normalized spacial score (nSPS) is 10.4. The van der Waals surface area contributed by atoms with Gasteiger partial charge >= 0.3 is 0 Å². The van der Waals surface area contributed by atoms with Gasteiger partial charge in [-0.25, -0.2) is 4.98 Å². The molecule has 0 saturated heterocycles. The number of hydrogen-bond donors (Lipinski definition) is 2. The number of carbonyl (C=O) groups is 2. The smallest absolute Gasteiger partial charge is 0.262 e. The number of nitrogens with one attached hydrogen (secondary N) is 1. The van der Waals surface area contributed by atoms with Crippen molar-refractivity contribution in [3.05, 3.63) is 63.4 Å². The van der Waals surface area contributed by atoms with Crippen LogP contribution in [0.1, 0.15) is 15.4 Å². The van der Waals surface area contributed by atoms with Crippen LogP contribution in [0.15, 0.2) is 47.8 Å². The Morgan fingerprint density at radius 2 is 2.07 bits per heavy atom. The van der Waals surface area contributed by atoms with Crippen LogP contribution in [0.5, 0.6) is 5.75 Å². The molecule has 3 aromatic rings. The third kappa shape index (κ3) is 4.84. The molecule has 27 heavy (non-hydrogen) atoms. The summed E-state index contributed by atoms with van der Waals surface area (Å²) in [4.78, 5) is 28.1. The van der Waals surface area contributed by atoms with Crippen LogP contribution in [-0.2, 0) is 4.79 Å². The molecule has 0 unspecified atom stereocenters. The van der Waals surface area contributed by atoms with E-state index in [0.717, 1.165) is 16.3 Å². The van der Waals surface area contributed by atoms with E-state index in [1.54, 1.807) is 23.5 Å². The maximum Gasteiger partial charge on any atom is 0.262 e. The highest BCUT2D eigenvalue weighted by Crippen LogP contribution is 2.25. The van der Waals surface area contributed by atoms with Gasteiger partial charge < -0.3 is 15.8 Å². The van der Waals surface area contributed by atoms with Crippen molar-refractivity contribution >= 4 is 40.4 Å². The van der Waals surface area contributed by atoms with Crippen molar-refractivity contribution in [2.45, 2.75) is 6.92 Å². The Kier molecular flexibility index (Phi) is 5.73. The molecule has 0 fully saturated rings. The summed E-state index contributed by atoms with van der Waals surface area (Å²) in [5.74, 6) is -0.847. The van der Waals surface area contributed by atoms with Crippen LogP contribution in [0.25, 0.3) is 11.3 Å². The van der Waals surface area contributed by atoms with Crippen LogP contribution in [0.4, 0.5) is 5.69 Å². The van der Waals surface area contributed by atoms with Crippen LogP contribution in [-0.4, -0.2) is 23.4 Å². The van der Waals surface area contributed by atoms with Gasteiger partial charge in [0.1, 0.15) is 5.75 Å². The molecule has 3 N–H and O–H groups in total. The zero-order valence-electron chi connectivity index (χ0n) is 14.4. The van der Waals surface area contributed by atoms with E-state index in [4.69, 9.17) is 22.1 Å². The third-order valence-electron chi connectivity index (χ3n) is 3.63. The first-order chi connectivity index (χ1) is 12.9. The van der Waals surface area contributed by atoms with Gasteiger partial charge in [-0.15, -0.1) is 11.3 Å². The predicted octanol–water partition coefficient (Wildman–Crippen LogP) is 3.89. The van der Waals surface area contributed by atoms with Crippen molar-refractivity contribution in [1.82, 2.24) is 4.98 Å². The molecule has 3 rings (SSSR count). The van der Waals surface area contributed by atoms with Crippen LogP contribution in [0.2, 0.25) is 5.02 Å². The van der Waals surface area contributed by atoms with Gasteiger partial charge in [-0.05, 0) is 37.3 Å². The number of nitrogens with zero attached hydrogens (tertiary/aromatic N) is 1. The fourth-order valence-corrected chi connectivity index (χ4v) is 3.21. The molecule has 1 aromatic heterocycles. The Balaban J connectivity index is 1.66. The first-order valence-corrected chi connectivity index (χ1v) is 9.22. The molecule has 6 nitrogen and oxygen atoms in total. The van der Waals surface area contributed by atoms with Gasteiger partial charge in [-0.1, -0.05) is 23.7 Å². The monoisotopic (exact) mass is 401 g/mol. The third-order valence-corrected chi connectivity index (χ3v) is 4.64. The number of thiazole rings is 1. The molecular weight excluding hydrogens is 386 g/mol. The van der Waals surface area contributed by atoms with Crippen molar-refractivity contribution in [2.24, 2.45) is 5.73 Å². The molecule has 0 saturated carbocycles. The second-order valence-electron chi connectivity index (χ2n) is 5.67. The van der Waals surface area contributed by atoms with Crippen LogP contribution < -0.4 is 15.8 Å². The number of aryl methyl sites for hydroxylation is 1. The molecule has 2 aromatic carbocycles. The Bertz CT molecular complexity index is 1000. The first-order valence-electron chi connectivity index (χ1n) is 7.97. The molecule has 0 aliphatic carbocycles. The number of primary amides is 1. The second kappa shape index (κ2) is 8.20. The van der Waals surface area contributed by atoms with Gasteiger partial charge in [0, 0.05) is 21.7 Å². The molecule has 1 heterocycles. The number of ether oxygens (including phenoxy) is 1. The topological polar surface area (TPSA) is 94.3 Å². The van der Waals surface area contributed by atoms with Crippen molar-refractivity contribution in [1.29, 1.82) is 0 Å². The highest BCUT2D eigenvalue weighted by molar-refractivity contribution is 7.09. The number of halogens is 1. The second-order valence-corrected chi connectivity index (χ2v) is 7.17. The zero-order valence-corrected chi connectivity index (χ0v) is 15.9. The Hall–Kier alpha value is -2.90. The van der Waals surface area contributed by atoms with E-state index in [9.17, 15) is 9.59 Å². The number of aromatic nitrogens is 1. The molecule has 0 spiro atoms. The Morgan fingerprint density at radius 1 is 1.26 bits per heavy atom. The molecule has 138 valence electrons. The molecule has 0 bridgehead atoms. The molecular formula is C19H16ClN3O3S. The van der Waals surface area contributed by atoms with Gasteiger partial charge in [0.15, 0.2) is 6.61 Å². The number of carbonyl (C=O) groups excluding carboxylic acids is 2. The summed E-state index contributed by atoms with van der Waals surface area (Å²) in [7, 11) is 0. The number of anilines is 1. The van der Waals surface area contributed by atoms with Gasteiger partial charge in [0.05, 0.1) is 16.3 Å². The quantitative estimate of drug-likeness (QED) is 0.655. The summed E-state index contributed by atoms with van der Waals surface area (Å²) in [6, 6.07) is 11.8. The molecule has 0 radical (unpaired) electrons. The number of hydrogen-bond acceptors (Lipinski definition) is 5. The van der Waals surface area contributed by atoms with Gasteiger partial charge in [-0.2, -0.15) is 0 Å². The van der Waals surface area contributed by atoms with E-state index in [1.165, 1.54) is 12.1 Å². The number of rotatable bonds is 6. The average Bonchev–Trinajstić information content (AvgIpc) is 3.07. The van der Waals surface area contributed by atoms with Crippen molar-refractivity contribution in [2.75, 3.05) is 11.9 Å². The Morgan fingerprint density at radius 3 is 2.78 bits per heavy atom. The van der Waals surface area contributed by atoms with E-state index in [0.29, 0.717) is 10.7 Å². The molecule has 2 amide bonds.